The number of hydrogen-bond acceptors (Lipinski definition) is 2. The molecule has 0 radical (unpaired) electrons. The molecule has 2 rings (SSSR count). The molecule has 1 atom stereocenters. The van der Waals surface area contributed by atoms with E-state index >= 15 is 0 Å². The lowest BCUT2D eigenvalue weighted by atomic mass is 10.1. The average molecular weight is 345 g/mol. The molecule has 138 valence electrons. The van der Waals surface area contributed by atoms with Gasteiger partial charge in [0.25, 0.3) is 0 Å². The van der Waals surface area contributed by atoms with Gasteiger partial charge in [-0.15, -0.1) is 0 Å². The number of nitrogens with one attached hydrogen (secondary N) is 3. The molecular formula is C20H32N4O. The molecule has 3 N–H and O–H groups in total. The molecule has 25 heavy (non-hydrogen) atoms. The Morgan fingerprint density at radius 2 is 2.04 bits per heavy atom. The third kappa shape index (κ3) is 8.57. The largest absolute Gasteiger partial charge is 0.357 e. The molecule has 1 aromatic carbocycles. The molecule has 1 amide bonds. The number of amides is 1. The van der Waals surface area contributed by atoms with Crippen LogP contribution in [0.2, 0.25) is 0 Å². The van der Waals surface area contributed by atoms with E-state index in [4.69, 9.17) is 0 Å². The first-order valence-corrected chi connectivity index (χ1v) is 9.55. The minimum Gasteiger partial charge on any atom is -0.357 e. The number of hydrogen-bond donors (Lipinski definition) is 3. The van der Waals surface area contributed by atoms with Crippen molar-refractivity contribution >= 4 is 11.9 Å². The van der Waals surface area contributed by atoms with Crippen LogP contribution in [0.3, 0.4) is 0 Å². The fourth-order valence-electron chi connectivity index (χ4n) is 2.61. The molecule has 0 saturated heterocycles. The molecule has 0 aliphatic heterocycles. The second-order valence-corrected chi connectivity index (χ2v) is 6.78. The lowest BCUT2D eigenvalue weighted by Crippen LogP contribution is -2.42. The van der Waals surface area contributed by atoms with E-state index in [0.29, 0.717) is 25.0 Å². The topological polar surface area (TPSA) is 65.5 Å². The van der Waals surface area contributed by atoms with Crippen molar-refractivity contribution in [2.45, 2.75) is 64.5 Å². The molecule has 5 nitrogen and oxygen atoms in total. The molecule has 5 heteroatoms. The number of guanidine groups is 1. The Hall–Kier alpha value is -2.04. The minimum absolute atomic E-state index is 0.159. The highest BCUT2D eigenvalue weighted by molar-refractivity contribution is 5.80. The molecule has 0 heterocycles. The summed E-state index contributed by atoms with van der Waals surface area (Å²) in [5.74, 6) is 0.998. The number of aliphatic imine (C=N–C) groups is 1. The van der Waals surface area contributed by atoms with Gasteiger partial charge in [0, 0.05) is 31.6 Å². The summed E-state index contributed by atoms with van der Waals surface area (Å²) >= 11 is 0. The lowest BCUT2D eigenvalue weighted by molar-refractivity contribution is -0.121. The predicted octanol–water partition coefficient (Wildman–Crippen LogP) is 2.62. The standard InChI is InChI=1S/C20H32N4O/c1-3-21-20(22-15-7-10-19(25)24-18-13-14-18)23-16(2)11-12-17-8-5-4-6-9-17/h4-6,8-9,16,18H,3,7,10-15H2,1-2H3,(H,24,25)(H2,21,22,23). The summed E-state index contributed by atoms with van der Waals surface area (Å²) in [4.78, 5) is 16.3. The fraction of sp³-hybridized carbons (Fsp3) is 0.600. The number of benzene rings is 1. The summed E-state index contributed by atoms with van der Waals surface area (Å²) in [5, 5.41) is 9.75. The van der Waals surface area contributed by atoms with Crippen LogP contribution < -0.4 is 16.0 Å². The fourth-order valence-corrected chi connectivity index (χ4v) is 2.61. The van der Waals surface area contributed by atoms with Gasteiger partial charge in [0.15, 0.2) is 5.96 Å². The number of rotatable bonds is 10. The Balaban J connectivity index is 1.67. The zero-order valence-corrected chi connectivity index (χ0v) is 15.6. The predicted molar refractivity (Wildman–Crippen MR) is 104 cm³/mol. The Morgan fingerprint density at radius 1 is 1.28 bits per heavy atom. The van der Waals surface area contributed by atoms with Crippen LogP contribution in [0.25, 0.3) is 0 Å². The van der Waals surface area contributed by atoms with Crippen LogP contribution in [0.15, 0.2) is 35.3 Å². The minimum atomic E-state index is 0.159. The van der Waals surface area contributed by atoms with Crippen LogP contribution in [0.5, 0.6) is 0 Å². The highest BCUT2D eigenvalue weighted by Crippen LogP contribution is 2.18. The SMILES string of the molecule is CCNC(=NCCCC(=O)NC1CC1)NC(C)CCc1ccccc1. The Labute approximate surface area is 151 Å². The molecular weight excluding hydrogens is 312 g/mol. The van der Waals surface area contributed by atoms with E-state index in [1.807, 2.05) is 6.07 Å². The van der Waals surface area contributed by atoms with Gasteiger partial charge in [0.1, 0.15) is 0 Å². The smallest absolute Gasteiger partial charge is 0.220 e. The number of aryl methyl sites for hydroxylation is 1. The quantitative estimate of drug-likeness (QED) is 0.347. The van der Waals surface area contributed by atoms with Gasteiger partial charge in [-0.25, -0.2) is 0 Å². The van der Waals surface area contributed by atoms with E-state index in [2.05, 4.69) is 59.1 Å². The third-order valence-electron chi connectivity index (χ3n) is 4.21. The van der Waals surface area contributed by atoms with Gasteiger partial charge in [-0.3, -0.25) is 9.79 Å². The van der Waals surface area contributed by atoms with Crippen molar-refractivity contribution in [3.8, 4) is 0 Å². The molecule has 0 aromatic heterocycles. The van der Waals surface area contributed by atoms with Crippen molar-refractivity contribution in [3.05, 3.63) is 35.9 Å². The molecule has 0 spiro atoms. The van der Waals surface area contributed by atoms with Gasteiger partial charge in [0.05, 0.1) is 0 Å². The van der Waals surface area contributed by atoms with Crippen LogP contribution in [0, 0.1) is 0 Å². The molecule has 0 bridgehead atoms. The highest BCUT2D eigenvalue weighted by atomic mass is 16.1. The zero-order chi connectivity index (χ0) is 17.9. The van der Waals surface area contributed by atoms with E-state index in [-0.39, 0.29) is 5.91 Å². The van der Waals surface area contributed by atoms with Gasteiger partial charge in [0.2, 0.25) is 5.91 Å². The van der Waals surface area contributed by atoms with Gasteiger partial charge in [-0.2, -0.15) is 0 Å². The van der Waals surface area contributed by atoms with Crippen molar-refractivity contribution < 1.29 is 4.79 Å². The third-order valence-corrected chi connectivity index (χ3v) is 4.21. The van der Waals surface area contributed by atoms with E-state index < -0.39 is 0 Å². The van der Waals surface area contributed by atoms with Gasteiger partial charge in [-0.1, -0.05) is 30.3 Å². The van der Waals surface area contributed by atoms with Crippen LogP contribution in [-0.2, 0) is 11.2 Å². The van der Waals surface area contributed by atoms with Gasteiger partial charge < -0.3 is 16.0 Å². The lowest BCUT2D eigenvalue weighted by Gasteiger charge is -2.18. The van der Waals surface area contributed by atoms with Crippen molar-refractivity contribution in [1.82, 2.24) is 16.0 Å². The first-order chi connectivity index (χ1) is 12.2. The Morgan fingerprint density at radius 3 is 2.72 bits per heavy atom. The maximum atomic E-state index is 11.7. The zero-order valence-electron chi connectivity index (χ0n) is 15.6. The van der Waals surface area contributed by atoms with Crippen LogP contribution in [0.4, 0.5) is 0 Å². The van der Waals surface area contributed by atoms with Crippen molar-refractivity contribution in [2.24, 2.45) is 4.99 Å². The van der Waals surface area contributed by atoms with E-state index in [1.165, 1.54) is 5.56 Å². The molecule has 1 fully saturated rings. The monoisotopic (exact) mass is 344 g/mol. The van der Waals surface area contributed by atoms with Gasteiger partial charge >= 0.3 is 0 Å². The van der Waals surface area contributed by atoms with Crippen molar-refractivity contribution in [3.63, 3.8) is 0 Å². The number of carbonyl (C=O) groups is 1. The first kappa shape index (κ1) is 19.3. The van der Waals surface area contributed by atoms with Crippen LogP contribution in [0.1, 0.15) is 51.5 Å². The number of nitrogens with zero attached hydrogens (tertiary/aromatic N) is 1. The Kier molecular flexibility index (Phi) is 8.29. The summed E-state index contributed by atoms with van der Waals surface area (Å²) in [6.45, 7) is 5.74. The summed E-state index contributed by atoms with van der Waals surface area (Å²) in [7, 11) is 0. The number of carbonyl (C=O) groups excluding carboxylic acids is 1. The maximum Gasteiger partial charge on any atom is 0.220 e. The first-order valence-electron chi connectivity index (χ1n) is 9.55. The second-order valence-electron chi connectivity index (χ2n) is 6.78. The molecule has 1 aliphatic carbocycles. The molecule has 1 aliphatic rings. The molecule has 1 saturated carbocycles. The van der Waals surface area contributed by atoms with Crippen LogP contribution in [-0.4, -0.2) is 37.0 Å². The normalized spacial score (nSPS) is 15.5. The van der Waals surface area contributed by atoms with Gasteiger partial charge in [-0.05, 0) is 51.5 Å². The highest BCUT2D eigenvalue weighted by Gasteiger charge is 2.22. The van der Waals surface area contributed by atoms with E-state index in [1.54, 1.807) is 0 Å². The van der Waals surface area contributed by atoms with Crippen molar-refractivity contribution in [1.29, 1.82) is 0 Å². The summed E-state index contributed by atoms with van der Waals surface area (Å²) in [6.07, 6.45) is 5.73. The summed E-state index contributed by atoms with van der Waals surface area (Å²) in [6, 6.07) is 11.3. The van der Waals surface area contributed by atoms with Crippen LogP contribution >= 0.6 is 0 Å². The molecule has 1 aromatic rings. The van der Waals surface area contributed by atoms with Crippen molar-refractivity contribution in [2.75, 3.05) is 13.1 Å². The Bertz CT molecular complexity index is 540. The van der Waals surface area contributed by atoms with E-state index in [0.717, 1.165) is 44.6 Å². The average Bonchev–Trinajstić information content (AvgIpc) is 3.42. The second kappa shape index (κ2) is 10.7. The van der Waals surface area contributed by atoms with E-state index in [9.17, 15) is 4.79 Å². The summed E-state index contributed by atoms with van der Waals surface area (Å²) < 4.78 is 0. The maximum absolute atomic E-state index is 11.7. The molecule has 1 unspecified atom stereocenters. The summed E-state index contributed by atoms with van der Waals surface area (Å²) in [5.41, 5.74) is 1.36.